The van der Waals surface area contributed by atoms with Crippen molar-refractivity contribution in [1.82, 2.24) is 0 Å². The number of nitro groups is 2. The van der Waals surface area contributed by atoms with Gasteiger partial charge in [0.1, 0.15) is 0 Å². The van der Waals surface area contributed by atoms with Gasteiger partial charge in [-0.15, -0.1) is 0 Å². The summed E-state index contributed by atoms with van der Waals surface area (Å²) in [5.74, 6) is -2.02. The number of nitro benzene ring substituents is 2. The van der Waals surface area contributed by atoms with Crippen LogP contribution in [-0.4, -0.2) is 22.4 Å². The summed E-state index contributed by atoms with van der Waals surface area (Å²) < 4.78 is 17.9. The van der Waals surface area contributed by atoms with Crippen LogP contribution < -0.4 is 0 Å². The van der Waals surface area contributed by atoms with Gasteiger partial charge in [0.25, 0.3) is 5.69 Å². The molecule has 0 spiro atoms. The highest BCUT2D eigenvalue weighted by Gasteiger charge is 2.26. The maximum atomic E-state index is 13.4. The Kier molecular flexibility index (Phi) is 4.46. The molecule has 0 fully saturated rings. The molecule has 0 saturated carbocycles. The van der Waals surface area contributed by atoms with Gasteiger partial charge in [0.05, 0.1) is 28.9 Å². The van der Waals surface area contributed by atoms with E-state index in [1.165, 1.54) is 0 Å². The van der Waals surface area contributed by atoms with Gasteiger partial charge in [-0.2, -0.15) is 4.39 Å². The zero-order valence-corrected chi connectivity index (χ0v) is 9.79. The first kappa shape index (κ1) is 14.5. The smallest absolute Gasteiger partial charge is 0.311 e. The minimum Gasteiger partial charge on any atom is -0.466 e. The van der Waals surface area contributed by atoms with E-state index in [9.17, 15) is 29.4 Å². The van der Waals surface area contributed by atoms with Crippen LogP contribution in [0.3, 0.4) is 0 Å². The summed E-state index contributed by atoms with van der Waals surface area (Å²) in [6, 6.07) is 1.09. The average Bonchev–Trinajstić information content (AvgIpc) is 2.28. The van der Waals surface area contributed by atoms with Crippen molar-refractivity contribution in [2.75, 3.05) is 6.61 Å². The highest BCUT2D eigenvalue weighted by molar-refractivity contribution is 5.74. The number of ether oxygens (including phenoxy) is 1. The highest BCUT2D eigenvalue weighted by atomic mass is 19.1. The van der Waals surface area contributed by atoms with E-state index < -0.39 is 39.4 Å². The summed E-state index contributed by atoms with van der Waals surface area (Å²) in [6.07, 6.45) is -0.529. The maximum absolute atomic E-state index is 13.4. The lowest BCUT2D eigenvalue weighted by Crippen LogP contribution is -2.10. The van der Waals surface area contributed by atoms with E-state index in [2.05, 4.69) is 4.74 Å². The molecule has 0 aliphatic carbocycles. The zero-order chi connectivity index (χ0) is 14.6. The van der Waals surface area contributed by atoms with Crippen LogP contribution in [0.1, 0.15) is 12.5 Å². The summed E-state index contributed by atoms with van der Waals surface area (Å²) in [5.41, 5.74) is -1.98. The molecular weight excluding hydrogens is 263 g/mol. The third-order valence-corrected chi connectivity index (χ3v) is 2.18. The van der Waals surface area contributed by atoms with E-state index in [0.29, 0.717) is 12.1 Å². The lowest BCUT2D eigenvalue weighted by atomic mass is 10.1. The van der Waals surface area contributed by atoms with Crippen molar-refractivity contribution in [2.45, 2.75) is 13.3 Å². The number of carbonyl (C=O) groups is 1. The van der Waals surface area contributed by atoms with Crippen molar-refractivity contribution < 1.29 is 23.8 Å². The standard InChI is InChI=1S/C10H9FN2O6/c1-2-19-10(14)4-6-3-7(11)9(13(17)18)5-8(6)12(15)16/h3,5H,2,4H2,1H3. The molecule has 0 radical (unpaired) electrons. The van der Waals surface area contributed by atoms with E-state index in [4.69, 9.17) is 0 Å². The summed E-state index contributed by atoms with van der Waals surface area (Å²) in [4.78, 5) is 30.5. The first-order chi connectivity index (χ1) is 8.86. The average molecular weight is 272 g/mol. The maximum Gasteiger partial charge on any atom is 0.311 e. The molecule has 102 valence electrons. The Hall–Kier alpha value is -2.58. The van der Waals surface area contributed by atoms with Crippen LogP contribution in [0.4, 0.5) is 15.8 Å². The normalized spacial score (nSPS) is 10.0. The zero-order valence-electron chi connectivity index (χ0n) is 9.79. The van der Waals surface area contributed by atoms with Crippen LogP contribution in [0.15, 0.2) is 12.1 Å². The van der Waals surface area contributed by atoms with Gasteiger partial charge in [-0.05, 0) is 13.0 Å². The van der Waals surface area contributed by atoms with E-state index >= 15 is 0 Å². The lowest BCUT2D eigenvalue weighted by Gasteiger charge is -2.04. The molecule has 8 nitrogen and oxygen atoms in total. The molecule has 1 rings (SSSR count). The molecule has 0 amide bonds. The molecule has 0 N–H and O–H groups in total. The van der Waals surface area contributed by atoms with Gasteiger partial charge in [0, 0.05) is 5.56 Å². The topological polar surface area (TPSA) is 113 Å². The molecule has 1 aromatic carbocycles. The van der Waals surface area contributed by atoms with Crippen molar-refractivity contribution in [3.8, 4) is 0 Å². The van der Waals surface area contributed by atoms with Crippen molar-refractivity contribution in [3.63, 3.8) is 0 Å². The predicted octanol–water partition coefficient (Wildman–Crippen LogP) is 1.75. The van der Waals surface area contributed by atoms with Crippen molar-refractivity contribution in [2.24, 2.45) is 0 Å². The fraction of sp³-hybridized carbons (Fsp3) is 0.300. The SMILES string of the molecule is CCOC(=O)Cc1cc(F)c([N+](=O)[O-])cc1[N+](=O)[O-]. The van der Waals surface area contributed by atoms with Gasteiger partial charge in [0.2, 0.25) is 5.82 Å². The Labute approximate surface area is 106 Å². The number of esters is 1. The Balaban J connectivity index is 3.23. The second-order valence-electron chi connectivity index (χ2n) is 3.43. The van der Waals surface area contributed by atoms with Crippen molar-refractivity contribution in [3.05, 3.63) is 43.7 Å². The quantitative estimate of drug-likeness (QED) is 0.458. The molecule has 0 bridgehead atoms. The Morgan fingerprint density at radius 3 is 2.32 bits per heavy atom. The van der Waals surface area contributed by atoms with Crippen LogP contribution in [-0.2, 0) is 16.0 Å². The molecule has 0 heterocycles. The van der Waals surface area contributed by atoms with Gasteiger partial charge in [-0.3, -0.25) is 25.0 Å². The van der Waals surface area contributed by atoms with Gasteiger partial charge >= 0.3 is 11.7 Å². The van der Waals surface area contributed by atoms with Gasteiger partial charge < -0.3 is 4.74 Å². The number of benzene rings is 1. The first-order valence-corrected chi connectivity index (χ1v) is 5.13. The van der Waals surface area contributed by atoms with Crippen LogP contribution >= 0.6 is 0 Å². The van der Waals surface area contributed by atoms with Gasteiger partial charge in [-0.25, -0.2) is 0 Å². The van der Waals surface area contributed by atoms with E-state index in [-0.39, 0.29) is 12.2 Å². The predicted molar refractivity (Wildman–Crippen MR) is 60.0 cm³/mol. The molecule has 1 aromatic rings. The number of halogens is 1. The largest absolute Gasteiger partial charge is 0.466 e. The molecule has 0 atom stereocenters. The van der Waals surface area contributed by atoms with Gasteiger partial charge in [0.15, 0.2) is 0 Å². The highest BCUT2D eigenvalue weighted by Crippen LogP contribution is 2.28. The number of nitrogens with zero attached hydrogens (tertiary/aromatic N) is 2. The molecule has 0 unspecified atom stereocenters. The number of hydrogen-bond donors (Lipinski definition) is 0. The molecular formula is C10H9FN2O6. The number of rotatable bonds is 5. The van der Waals surface area contributed by atoms with Crippen molar-refractivity contribution in [1.29, 1.82) is 0 Å². The summed E-state index contributed by atoms with van der Waals surface area (Å²) >= 11 is 0. The third kappa shape index (κ3) is 3.44. The second kappa shape index (κ2) is 5.85. The Morgan fingerprint density at radius 1 is 1.26 bits per heavy atom. The minimum absolute atomic E-state index is 0.0715. The molecule has 0 saturated heterocycles. The van der Waals surface area contributed by atoms with E-state index in [1.54, 1.807) is 6.92 Å². The van der Waals surface area contributed by atoms with E-state index in [1.807, 2.05) is 0 Å². The Morgan fingerprint density at radius 2 is 1.84 bits per heavy atom. The fourth-order valence-electron chi connectivity index (χ4n) is 1.41. The molecule has 0 aromatic heterocycles. The van der Waals surface area contributed by atoms with Crippen LogP contribution in [0, 0.1) is 26.0 Å². The Bertz CT molecular complexity index is 545. The van der Waals surface area contributed by atoms with Crippen LogP contribution in [0.25, 0.3) is 0 Å². The van der Waals surface area contributed by atoms with Gasteiger partial charge in [-0.1, -0.05) is 0 Å². The number of carbonyl (C=O) groups excluding carboxylic acids is 1. The van der Waals surface area contributed by atoms with Crippen LogP contribution in [0.5, 0.6) is 0 Å². The lowest BCUT2D eigenvalue weighted by molar-refractivity contribution is -0.396. The second-order valence-corrected chi connectivity index (χ2v) is 3.43. The molecule has 0 aliphatic heterocycles. The summed E-state index contributed by atoms with van der Waals surface area (Å²) in [6.45, 7) is 1.62. The monoisotopic (exact) mass is 272 g/mol. The van der Waals surface area contributed by atoms with Crippen molar-refractivity contribution >= 4 is 17.3 Å². The molecule has 0 aliphatic rings. The molecule has 19 heavy (non-hydrogen) atoms. The first-order valence-electron chi connectivity index (χ1n) is 5.13. The van der Waals surface area contributed by atoms with Crippen LogP contribution in [0.2, 0.25) is 0 Å². The molecule has 9 heteroatoms. The number of hydrogen-bond acceptors (Lipinski definition) is 6. The summed E-state index contributed by atoms with van der Waals surface area (Å²) in [5, 5.41) is 21.2. The fourth-order valence-corrected chi connectivity index (χ4v) is 1.41. The minimum atomic E-state index is -1.24. The summed E-state index contributed by atoms with van der Waals surface area (Å²) in [7, 11) is 0. The third-order valence-electron chi connectivity index (χ3n) is 2.18. The van der Waals surface area contributed by atoms with E-state index in [0.717, 1.165) is 0 Å².